The van der Waals surface area contributed by atoms with E-state index in [9.17, 15) is 13.2 Å². The second kappa shape index (κ2) is 3.90. The van der Waals surface area contributed by atoms with Crippen molar-refractivity contribution in [2.75, 3.05) is 6.26 Å². The summed E-state index contributed by atoms with van der Waals surface area (Å²) >= 11 is 0. The lowest BCUT2D eigenvalue weighted by Gasteiger charge is -2.07. The lowest BCUT2D eigenvalue weighted by Crippen LogP contribution is -2.48. The molecule has 4 N–H and O–H groups in total. The van der Waals surface area contributed by atoms with Gasteiger partial charge in [0.2, 0.25) is 21.9 Å². The molecule has 0 aromatic carbocycles. The summed E-state index contributed by atoms with van der Waals surface area (Å²) in [7, 11) is -3.46. The normalized spacial score (nSPS) is 10.2. The van der Waals surface area contributed by atoms with Crippen LogP contribution in [0.1, 0.15) is 6.92 Å². The first-order chi connectivity index (χ1) is 5.31. The summed E-state index contributed by atoms with van der Waals surface area (Å²) in [6.45, 7) is 1.22. The molecule has 0 fully saturated rings. The van der Waals surface area contributed by atoms with Crippen molar-refractivity contribution in [2.24, 2.45) is 0 Å². The molecule has 0 heterocycles. The third kappa shape index (κ3) is 6.81. The van der Waals surface area contributed by atoms with Gasteiger partial charge < -0.3 is 0 Å². The van der Waals surface area contributed by atoms with Crippen LogP contribution in [0.3, 0.4) is 0 Å². The van der Waals surface area contributed by atoms with E-state index in [1.54, 1.807) is 4.72 Å². The molecule has 0 aliphatic rings. The van der Waals surface area contributed by atoms with E-state index >= 15 is 0 Å². The molecule has 0 aliphatic heterocycles. The molecule has 0 saturated heterocycles. The van der Waals surface area contributed by atoms with E-state index in [0.29, 0.717) is 0 Å². The monoisotopic (exact) mass is 194 g/mol. The molecule has 0 rings (SSSR count). The number of sulfonamides is 1. The summed E-state index contributed by atoms with van der Waals surface area (Å²) in [5.41, 5.74) is 4.06. The largest absolute Gasteiger partial charge is 0.274 e. The number of hydrogen-bond acceptors (Lipinski definition) is 4. The van der Waals surface area contributed by atoms with Gasteiger partial charge in [-0.05, 0) is 0 Å². The predicted octanol–water partition coefficient (Wildman–Crippen LogP) is -1.89. The molecule has 8 heteroatoms. The number of carbonyl (C=O) groups is 1. The van der Waals surface area contributed by atoms with Gasteiger partial charge >= 0.3 is 0 Å². The quantitative estimate of drug-likeness (QED) is 0.222. The fraction of sp³-hybridized carbons (Fsp3) is 0.500. The summed E-state index contributed by atoms with van der Waals surface area (Å²) in [6.07, 6.45) is 0.900. The maximum absolute atomic E-state index is 10.5. The van der Waals surface area contributed by atoms with Gasteiger partial charge in [0.15, 0.2) is 0 Å². The predicted molar refractivity (Wildman–Crippen MR) is 42.7 cm³/mol. The standard InChI is InChI=1S/C4H10N4O3S/c1-3(9)6-7-4(5)8-12(2,10)11/h1-2H3,(H,6,9)(H3,5,7,8). The number of guanidine groups is 1. The van der Waals surface area contributed by atoms with Gasteiger partial charge in [-0.15, -0.1) is 0 Å². The van der Waals surface area contributed by atoms with Gasteiger partial charge in [-0.1, -0.05) is 0 Å². The number of amides is 1. The Balaban J connectivity index is 3.84. The molecule has 0 aliphatic carbocycles. The van der Waals surface area contributed by atoms with Gasteiger partial charge in [-0.25, -0.2) is 8.42 Å². The van der Waals surface area contributed by atoms with Crippen LogP contribution in [-0.4, -0.2) is 26.5 Å². The Morgan fingerprint density at radius 2 is 1.83 bits per heavy atom. The van der Waals surface area contributed by atoms with Crippen LogP contribution in [0.2, 0.25) is 0 Å². The minimum absolute atomic E-state index is 0.421. The highest BCUT2D eigenvalue weighted by Crippen LogP contribution is 1.70. The van der Waals surface area contributed by atoms with Crippen molar-refractivity contribution in [3.8, 4) is 0 Å². The molecule has 0 spiro atoms. The van der Waals surface area contributed by atoms with Crippen molar-refractivity contribution < 1.29 is 13.2 Å². The number of carbonyl (C=O) groups excluding carboxylic acids is 1. The highest BCUT2D eigenvalue weighted by atomic mass is 32.2. The zero-order chi connectivity index (χ0) is 9.78. The highest BCUT2D eigenvalue weighted by Gasteiger charge is 2.03. The smallest absolute Gasteiger partial charge is 0.235 e. The van der Waals surface area contributed by atoms with E-state index in [1.807, 2.05) is 10.9 Å². The van der Waals surface area contributed by atoms with E-state index < -0.39 is 21.9 Å². The number of hydrogen-bond donors (Lipinski definition) is 4. The second-order valence-corrected chi connectivity index (χ2v) is 3.80. The van der Waals surface area contributed by atoms with Crippen LogP contribution >= 0.6 is 0 Å². The zero-order valence-corrected chi connectivity index (χ0v) is 7.45. The van der Waals surface area contributed by atoms with Gasteiger partial charge in [0.25, 0.3) is 0 Å². The number of hydrazine groups is 1. The SMILES string of the molecule is CC(=O)NNC(=N)NS(C)(=O)=O. The summed E-state index contributed by atoms with van der Waals surface area (Å²) in [4.78, 5) is 10.3. The van der Waals surface area contributed by atoms with Crippen LogP contribution in [0.5, 0.6) is 0 Å². The Labute approximate surface area is 70.1 Å². The van der Waals surface area contributed by atoms with Crippen molar-refractivity contribution in [1.29, 1.82) is 5.41 Å². The Morgan fingerprint density at radius 3 is 2.17 bits per heavy atom. The summed E-state index contributed by atoms with van der Waals surface area (Å²) < 4.78 is 22.8. The highest BCUT2D eigenvalue weighted by molar-refractivity contribution is 7.89. The van der Waals surface area contributed by atoms with Crippen LogP contribution in [0.15, 0.2) is 0 Å². The minimum Gasteiger partial charge on any atom is -0.274 e. The Morgan fingerprint density at radius 1 is 1.33 bits per heavy atom. The second-order valence-electron chi connectivity index (χ2n) is 2.06. The van der Waals surface area contributed by atoms with Crippen LogP contribution < -0.4 is 15.6 Å². The lowest BCUT2D eigenvalue weighted by molar-refractivity contribution is -0.119. The van der Waals surface area contributed by atoms with Crippen LogP contribution in [0.25, 0.3) is 0 Å². The molecule has 0 bridgehead atoms. The first-order valence-corrected chi connectivity index (χ1v) is 4.79. The van der Waals surface area contributed by atoms with E-state index in [-0.39, 0.29) is 0 Å². The van der Waals surface area contributed by atoms with E-state index in [0.717, 1.165) is 6.26 Å². The average Bonchev–Trinajstić information content (AvgIpc) is 1.79. The molecule has 1 amide bonds. The van der Waals surface area contributed by atoms with Gasteiger partial charge in [0.05, 0.1) is 6.26 Å². The summed E-state index contributed by atoms with van der Waals surface area (Å²) in [5.74, 6) is -0.928. The van der Waals surface area contributed by atoms with Crippen molar-refractivity contribution in [3.63, 3.8) is 0 Å². The van der Waals surface area contributed by atoms with E-state index in [1.165, 1.54) is 6.92 Å². The van der Waals surface area contributed by atoms with Crippen LogP contribution in [-0.2, 0) is 14.8 Å². The lowest BCUT2D eigenvalue weighted by atomic mass is 10.8. The van der Waals surface area contributed by atoms with Crippen molar-refractivity contribution >= 4 is 21.9 Å². The van der Waals surface area contributed by atoms with Crippen molar-refractivity contribution in [1.82, 2.24) is 15.6 Å². The van der Waals surface area contributed by atoms with E-state index in [4.69, 9.17) is 5.41 Å². The average molecular weight is 194 g/mol. The summed E-state index contributed by atoms with van der Waals surface area (Å²) in [6, 6.07) is 0. The third-order valence-corrected chi connectivity index (χ3v) is 1.23. The molecule has 0 unspecified atom stereocenters. The van der Waals surface area contributed by atoms with Gasteiger partial charge in [-0.2, -0.15) is 0 Å². The molecule has 70 valence electrons. The molecule has 0 atom stereocenters. The minimum atomic E-state index is -3.46. The first-order valence-electron chi connectivity index (χ1n) is 2.90. The van der Waals surface area contributed by atoms with Crippen LogP contribution in [0, 0.1) is 5.41 Å². The molecule has 0 saturated carbocycles. The summed E-state index contributed by atoms with van der Waals surface area (Å²) in [5, 5.41) is 6.92. The van der Waals surface area contributed by atoms with Crippen LogP contribution in [0.4, 0.5) is 0 Å². The van der Waals surface area contributed by atoms with Crippen molar-refractivity contribution in [3.05, 3.63) is 0 Å². The number of rotatable bonds is 1. The molecular formula is C4H10N4O3S. The fourth-order valence-corrected chi connectivity index (χ4v) is 0.783. The first kappa shape index (κ1) is 10.7. The Hall–Kier alpha value is -1.31. The van der Waals surface area contributed by atoms with E-state index in [2.05, 4.69) is 0 Å². The zero-order valence-electron chi connectivity index (χ0n) is 6.63. The maximum Gasteiger partial charge on any atom is 0.235 e. The maximum atomic E-state index is 10.5. The molecule has 0 aromatic heterocycles. The number of nitrogens with one attached hydrogen (secondary N) is 4. The van der Waals surface area contributed by atoms with Gasteiger partial charge in [0, 0.05) is 6.92 Å². The Bertz CT molecular complexity index is 283. The van der Waals surface area contributed by atoms with Gasteiger partial charge in [0.1, 0.15) is 0 Å². The molecule has 7 nitrogen and oxygen atoms in total. The van der Waals surface area contributed by atoms with Crippen molar-refractivity contribution in [2.45, 2.75) is 6.92 Å². The molecular weight excluding hydrogens is 184 g/mol. The third-order valence-electron chi connectivity index (χ3n) is 0.651. The topological polar surface area (TPSA) is 111 Å². The molecule has 12 heavy (non-hydrogen) atoms. The Kier molecular flexibility index (Phi) is 3.48. The molecule has 0 radical (unpaired) electrons. The van der Waals surface area contributed by atoms with Gasteiger partial charge in [-0.3, -0.25) is 25.8 Å². The molecule has 0 aromatic rings. The fourth-order valence-electron chi connectivity index (χ4n) is 0.361.